The topological polar surface area (TPSA) is 50.7 Å². The third kappa shape index (κ3) is 3.84. The summed E-state index contributed by atoms with van der Waals surface area (Å²) in [5.41, 5.74) is 2.44. The normalized spacial score (nSPS) is 13.4. The lowest BCUT2D eigenvalue weighted by Gasteiger charge is -2.17. The van der Waals surface area contributed by atoms with E-state index in [9.17, 15) is 0 Å². The second-order valence-electron chi connectivity index (χ2n) is 5.87. The van der Waals surface area contributed by atoms with Crippen LogP contribution in [0.4, 0.5) is 0 Å². The van der Waals surface area contributed by atoms with E-state index in [-0.39, 0.29) is 11.5 Å². The lowest BCUT2D eigenvalue weighted by atomic mass is 9.93. The van der Waals surface area contributed by atoms with Crippen LogP contribution in [-0.4, -0.2) is 21.7 Å². The first kappa shape index (κ1) is 15.1. The first-order chi connectivity index (χ1) is 9.50. The Balaban J connectivity index is 2.15. The van der Waals surface area contributed by atoms with Crippen molar-refractivity contribution >= 4 is 11.3 Å². The van der Waals surface area contributed by atoms with Gasteiger partial charge in [0.1, 0.15) is 0 Å². The average molecular weight is 290 g/mol. The maximum atomic E-state index is 4.77. The maximum absolute atomic E-state index is 4.77. The first-order valence-electron chi connectivity index (χ1n) is 6.95. The van der Waals surface area contributed by atoms with Gasteiger partial charge in [0.15, 0.2) is 0 Å². The van der Waals surface area contributed by atoms with Gasteiger partial charge < -0.3 is 5.32 Å². The number of nitrogens with zero attached hydrogens (tertiary/aromatic N) is 3. The molecule has 0 radical (unpaired) electrons. The molecule has 1 unspecified atom stereocenters. The van der Waals surface area contributed by atoms with E-state index >= 15 is 0 Å². The Hall–Kier alpha value is -1.33. The third-order valence-corrected chi connectivity index (χ3v) is 4.03. The van der Waals surface area contributed by atoms with Gasteiger partial charge in [-0.05, 0) is 18.2 Å². The molecule has 0 aromatic carbocycles. The Morgan fingerprint density at radius 3 is 2.65 bits per heavy atom. The molecule has 0 aliphatic rings. The minimum atomic E-state index is 0.112. The third-order valence-electron chi connectivity index (χ3n) is 3.16. The van der Waals surface area contributed by atoms with Crippen molar-refractivity contribution in [3.63, 3.8) is 0 Å². The SMILES string of the molecule is CCNC(Cc1nc(C(C)(C)C)cs1)c1ccnnc1. The number of hydrogen-bond donors (Lipinski definition) is 1. The lowest BCUT2D eigenvalue weighted by Crippen LogP contribution is -2.23. The molecular formula is C15H22N4S. The van der Waals surface area contributed by atoms with Crippen LogP contribution in [0.15, 0.2) is 23.8 Å². The van der Waals surface area contributed by atoms with Crippen molar-refractivity contribution in [1.82, 2.24) is 20.5 Å². The van der Waals surface area contributed by atoms with Crippen molar-refractivity contribution in [2.45, 2.75) is 45.6 Å². The fraction of sp³-hybridized carbons (Fsp3) is 0.533. The summed E-state index contributed by atoms with van der Waals surface area (Å²) in [7, 11) is 0. The molecule has 2 heterocycles. The van der Waals surface area contributed by atoms with E-state index < -0.39 is 0 Å². The maximum Gasteiger partial charge on any atom is 0.0947 e. The highest BCUT2D eigenvalue weighted by Gasteiger charge is 2.19. The molecule has 2 rings (SSSR count). The Morgan fingerprint density at radius 2 is 2.10 bits per heavy atom. The number of rotatable bonds is 5. The molecule has 0 amide bonds. The summed E-state index contributed by atoms with van der Waals surface area (Å²) in [5, 5.41) is 14.6. The molecule has 108 valence electrons. The van der Waals surface area contributed by atoms with E-state index in [1.807, 2.05) is 12.3 Å². The number of nitrogens with one attached hydrogen (secondary N) is 1. The van der Waals surface area contributed by atoms with Crippen LogP contribution in [-0.2, 0) is 11.8 Å². The van der Waals surface area contributed by atoms with Gasteiger partial charge in [-0.2, -0.15) is 10.2 Å². The van der Waals surface area contributed by atoms with Crippen LogP contribution in [0.3, 0.4) is 0 Å². The van der Waals surface area contributed by atoms with Gasteiger partial charge in [0.25, 0.3) is 0 Å². The van der Waals surface area contributed by atoms with Gasteiger partial charge in [0, 0.05) is 29.5 Å². The summed E-state index contributed by atoms with van der Waals surface area (Å²) < 4.78 is 0. The Kier molecular flexibility index (Phi) is 4.83. The fourth-order valence-corrected chi connectivity index (χ4v) is 3.05. The summed E-state index contributed by atoms with van der Waals surface area (Å²) in [6.45, 7) is 9.62. The van der Waals surface area contributed by atoms with Gasteiger partial charge in [-0.1, -0.05) is 27.7 Å². The molecule has 0 spiro atoms. The smallest absolute Gasteiger partial charge is 0.0947 e. The molecule has 2 aromatic rings. The molecular weight excluding hydrogens is 268 g/mol. The highest BCUT2D eigenvalue weighted by molar-refractivity contribution is 7.09. The predicted molar refractivity (Wildman–Crippen MR) is 83.0 cm³/mol. The summed E-state index contributed by atoms with van der Waals surface area (Å²) in [4.78, 5) is 4.77. The van der Waals surface area contributed by atoms with Crippen LogP contribution < -0.4 is 5.32 Å². The van der Waals surface area contributed by atoms with Crippen LogP contribution in [0.5, 0.6) is 0 Å². The molecule has 20 heavy (non-hydrogen) atoms. The molecule has 0 bridgehead atoms. The summed E-state index contributed by atoms with van der Waals surface area (Å²) in [6, 6.07) is 2.26. The fourth-order valence-electron chi connectivity index (χ4n) is 1.99. The quantitative estimate of drug-likeness (QED) is 0.919. The first-order valence-corrected chi connectivity index (χ1v) is 7.83. The summed E-state index contributed by atoms with van der Waals surface area (Å²) >= 11 is 1.74. The Labute approximate surface area is 124 Å². The number of likely N-dealkylation sites (N-methyl/N-ethyl adjacent to an activating group) is 1. The van der Waals surface area contributed by atoms with Gasteiger partial charge in [-0.25, -0.2) is 4.98 Å². The molecule has 5 heteroatoms. The zero-order chi connectivity index (χ0) is 14.6. The van der Waals surface area contributed by atoms with Gasteiger partial charge in [0.2, 0.25) is 0 Å². The van der Waals surface area contributed by atoms with Crippen molar-refractivity contribution < 1.29 is 0 Å². The summed E-state index contributed by atoms with van der Waals surface area (Å²) in [5.74, 6) is 0. The predicted octanol–water partition coefficient (Wildman–Crippen LogP) is 3.12. The van der Waals surface area contributed by atoms with Gasteiger partial charge in [-0.15, -0.1) is 11.3 Å². The van der Waals surface area contributed by atoms with Crippen LogP contribution in [0.25, 0.3) is 0 Å². The standard InChI is InChI=1S/C15H22N4S/c1-5-16-12(11-6-7-17-18-9-11)8-14-19-13(10-20-14)15(2,3)4/h6-7,9-10,12,16H,5,8H2,1-4H3. The molecule has 0 fully saturated rings. The van der Waals surface area contributed by atoms with Crippen molar-refractivity contribution in [2.24, 2.45) is 0 Å². The van der Waals surface area contributed by atoms with E-state index in [1.165, 1.54) is 5.69 Å². The zero-order valence-electron chi connectivity index (χ0n) is 12.6. The molecule has 0 aliphatic carbocycles. The molecule has 2 aromatic heterocycles. The van der Waals surface area contributed by atoms with Crippen LogP contribution in [0.1, 0.15) is 50.0 Å². The van der Waals surface area contributed by atoms with Crippen molar-refractivity contribution in [1.29, 1.82) is 0 Å². The lowest BCUT2D eigenvalue weighted by molar-refractivity contribution is 0.537. The van der Waals surface area contributed by atoms with E-state index in [4.69, 9.17) is 4.98 Å². The molecule has 1 N–H and O–H groups in total. The van der Waals surface area contributed by atoms with Gasteiger partial charge >= 0.3 is 0 Å². The molecule has 4 nitrogen and oxygen atoms in total. The van der Waals surface area contributed by atoms with Gasteiger partial charge in [0.05, 0.1) is 16.9 Å². The second kappa shape index (κ2) is 6.41. The van der Waals surface area contributed by atoms with Crippen LogP contribution >= 0.6 is 11.3 Å². The van der Waals surface area contributed by atoms with E-state index in [0.717, 1.165) is 23.5 Å². The van der Waals surface area contributed by atoms with Crippen LogP contribution in [0.2, 0.25) is 0 Å². The van der Waals surface area contributed by atoms with Crippen LogP contribution in [0, 0.1) is 0 Å². The zero-order valence-corrected chi connectivity index (χ0v) is 13.4. The van der Waals surface area contributed by atoms with E-state index in [1.54, 1.807) is 17.5 Å². The van der Waals surface area contributed by atoms with E-state index in [2.05, 4.69) is 48.6 Å². The molecule has 0 saturated heterocycles. The Bertz CT molecular complexity index is 530. The largest absolute Gasteiger partial charge is 0.310 e. The second-order valence-corrected chi connectivity index (χ2v) is 6.81. The molecule has 0 aliphatic heterocycles. The molecule has 1 atom stereocenters. The monoisotopic (exact) mass is 290 g/mol. The highest BCUT2D eigenvalue weighted by atomic mass is 32.1. The van der Waals surface area contributed by atoms with Crippen molar-refractivity contribution in [3.05, 3.63) is 40.1 Å². The summed E-state index contributed by atoms with van der Waals surface area (Å²) in [6.07, 6.45) is 4.45. The minimum absolute atomic E-state index is 0.112. The number of hydrogen-bond acceptors (Lipinski definition) is 5. The number of thiazole rings is 1. The average Bonchev–Trinajstić information content (AvgIpc) is 2.88. The molecule has 0 saturated carbocycles. The highest BCUT2D eigenvalue weighted by Crippen LogP contribution is 2.26. The number of aromatic nitrogens is 3. The van der Waals surface area contributed by atoms with E-state index in [0.29, 0.717) is 0 Å². The van der Waals surface area contributed by atoms with Crippen molar-refractivity contribution in [3.8, 4) is 0 Å². The van der Waals surface area contributed by atoms with Crippen molar-refractivity contribution in [2.75, 3.05) is 6.54 Å². The minimum Gasteiger partial charge on any atom is -0.310 e. The van der Waals surface area contributed by atoms with Gasteiger partial charge in [-0.3, -0.25) is 0 Å². The Morgan fingerprint density at radius 1 is 1.30 bits per heavy atom.